The summed E-state index contributed by atoms with van der Waals surface area (Å²) in [6, 6.07) is 4.76. The number of hydrogen-bond donors (Lipinski definition) is 2. The molecule has 0 aromatic carbocycles. The number of fused-ring (bicyclic) bond motifs is 1. The van der Waals surface area contributed by atoms with E-state index in [4.69, 9.17) is 16.8 Å². The Balaban J connectivity index is 3.00. The summed E-state index contributed by atoms with van der Waals surface area (Å²) in [5, 5.41) is 21.3. The maximum Gasteiger partial charge on any atom is 0.360 e. The van der Waals surface area contributed by atoms with Crippen LogP contribution in [0.2, 0.25) is 0 Å². The van der Waals surface area contributed by atoms with Crippen LogP contribution in [0.1, 0.15) is 5.69 Å². The first-order valence-electron chi connectivity index (χ1n) is 6.23. The molecule has 0 aliphatic rings. The molecule has 0 aliphatic heterocycles. The van der Waals surface area contributed by atoms with Crippen molar-refractivity contribution < 1.29 is 4.92 Å². The molecule has 0 atom stereocenters. The van der Waals surface area contributed by atoms with Crippen LogP contribution < -0.4 is 22.1 Å². The van der Waals surface area contributed by atoms with Crippen molar-refractivity contribution in [2.45, 2.75) is 0 Å². The summed E-state index contributed by atoms with van der Waals surface area (Å²) >= 11 is 0. The molecule has 0 saturated heterocycles. The minimum atomic E-state index is -0.813. The number of anilines is 1. The molecule has 0 bridgehead atoms. The molecule has 2 rings (SSSR count). The highest BCUT2D eigenvalue weighted by Crippen LogP contribution is 2.30. The summed E-state index contributed by atoms with van der Waals surface area (Å²) in [7, 11) is 1.39. The van der Waals surface area contributed by atoms with Crippen LogP contribution in [0.25, 0.3) is 11.0 Å². The zero-order chi connectivity index (χ0) is 16.4. The first kappa shape index (κ1) is 15.4. The number of nitriles is 1. The largest absolute Gasteiger partial charge is 0.360 e. The van der Waals surface area contributed by atoms with Gasteiger partial charge in [0.05, 0.1) is 10.4 Å². The number of aromatic nitrogens is 2. The van der Waals surface area contributed by atoms with Gasteiger partial charge in [-0.15, -0.1) is 0 Å². The molecule has 0 aliphatic carbocycles. The van der Waals surface area contributed by atoms with E-state index in [1.54, 1.807) is 0 Å². The van der Waals surface area contributed by atoms with Crippen LogP contribution >= 0.6 is 0 Å². The molecule has 0 unspecified atom stereocenters. The normalized spacial score (nSPS) is 10.5. The lowest BCUT2D eigenvalue weighted by Gasteiger charge is -2.19. The predicted molar refractivity (Wildman–Crippen MR) is 78.9 cm³/mol. The summed E-state index contributed by atoms with van der Waals surface area (Å²) in [5.41, 5.74) is 4.24. The van der Waals surface area contributed by atoms with Gasteiger partial charge in [-0.3, -0.25) is 14.9 Å². The van der Waals surface area contributed by atoms with Gasteiger partial charge in [-0.1, -0.05) is 0 Å². The minimum absolute atomic E-state index is 0.0582. The second-order valence-electron chi connectivity index (χ2n) is 4.48. The smallest absolute Gasteiger partial charge is 0.329 e. The number of nitrogens with zero attached hydrogens (tertiary/aromatic N) is 5. The summed E-state index contributed by atoms with van der Waals surface area (Å²) in [4.78, 5) is 26.8. The minimum Gasteiger partial charge on any atom is -0.329 e. The topological polar surface area (TPSA) is 157 Å². The first-order valence-corrected chi connectivity index (χ1v) is 6.23. The van der Waals surface area contributed by atoms with E-state index in [9.17, 15) is 14.9 Å². The maximum atomic E-state index is 12.2. The average Bonchev–Trinajstić information content (AvgIpc) is 2.49. The van der Waals surface area contributed by atoms with E-state index in [0.717, 1.165) is 9.58 Å². The van der Waals surface area contributed by atoms with E-state index in [1.807, 2.05) is 6.07 Å². The number of aryl methyl sites for hydroxylation is 1. The number of nitrogens with two attached hydrogens (primary N) is 2. The highest BCUT2D eigenvalue weighted by atomic mass is 16.6. The third kappa shape index (κ3) is 2.34. The van der Waals surface area contributed by atoms with E-state index in [2.05, 4.69) is 4.98 Å². The Hall–Kier alpha value is -3.03. The van der Waals surface area contributed by atoms with Gasteiger partial charge in [0.2, 0.25) is 0 Å². The molecule has 0 spiro atoms. The fourth-order valence-electron chi connectivity index (χ4n) is 2.13. The Morgan fingerprint density at radius 2 is 2.23 bits per heavy atom. The van der Waals surface area contributed by atoms with E-state index < -0.39 is 16.2 Å². The molecular weight excluding hydrogens is 290 g/mol. The van der Waals surface area contributed by atoms with Crippen LogP contribution in [0.4, 0.5) is 11.4 Å². The molecule has 0 amide bonds. The lowest BCUT2D eigenvalue weighted by Crippen LogP contribution is -2.38. The number of nitro groups is 1. The van der Waals surface area contributed by atoms with Crippen molar-refractivity contribution in [3.8, 4) is 6.07 Å². The molecule has 0 radical (unpaired) electrons. The van der Waals surface area contributed by atoms with Gasteiger partial charge >= 0.3 is 11.2 Å². The molecule has 114 valence electrons. The van der Waals surface area contributed by atoms with Gasteiger partial charge in [0.15, 0.2) is 5.69 Å². The molecule has 2 heterocycles. The Kier molecular flexibility index (Phi) is 4.02. The van der Waals surface area contributed by atoms with Crippen molar-refractivity contribution in [3.05, 3.63) is 38.3 Å². The van der Waals surface area contributed by atoms with Crippen LogP contribution in [0, 0.1) is 21.4 Å². The Bertz CT molecular complexity index is 852. The summed E-state index contributed by atoms with van der Waals surface area (Å²) in [5.74, 6) is 5.80. The van der Waals surface area contributed by atoms with Crippen molar-refractivity contribution in [2.75, 3.05) is 18.1 Å². The quantitative estimate of drug-likeness (QED) is 0.428. The van der Waals surface area contributed by atoms with Gasteiger partial charge < -0.3 is 15.3 Å². The van der Waals surface area contributed by atoms with Crippen LogP contribution in [-0.2, 0) is 7.05 Å². The molecule has 10 heteroatoms. The molecule has 0 fully saturated rings. The number of hydrazine groups is 1. The second kappa shape index (κ2) is 5.76. The van der Waals surface area contributed by atoms with Crippen LogP contribution in [0.3, 0.4) is 0 Å². The maximum absolute atomic E-state index is 12.2. The summed E-state index contributed by atoms with van der Waals surface area (Å²) in [6.45, 7) is 0.212. The van der Waals surface area contributed by atoms with Crippen molar-refractivity contribution in [1.82, 2.24) is 9.55 Å². The number of rotatable bonds is 4. The van der Waals surface area contributed by atoms with Gasteiger partial charge in [0.1, 0.15) is 17.3 Å². The Morgan fingerprint density at radius 3 is 2.77 bits per heavy atom. The van der Waals surface area contributed by atoms with E-state index in [1.165, 1.54) is 19.2 Å². The SMILES string of the molecule is Cn1c(=O)c([N+](=O)[O-])c(N(N)CCN)c2nc(C#N)ccc21. The van der Waals surface area contributed by atoms with Crippen molar-refractivity contribution in [3.63, 3.8) is 0 Å². The monoisotopic (exact) mass is 303 g/mol. The molecule has 4 N–H and O–H groups in total. The molecule has 2 aromatic rings. The van der Waals surface area contributed by atoms with Gasteiger partial charge in [-0.05, 0) is 12.1 Å². The van der Waals surface area contributed by atoms with Crippen LogP contribution in [0.5, 0.6) is 0 Å². The van der Waals surface area contributed by atoms with Gasteiger partial charge in [-0.25, -0.2) is 10.8 Å². The van der Waals surface area contributed by atoms with E-state index in [0.29, 0.717) is 5.52 Å². The Morgan fingerprint density at radius 1 is 1.55 bits per heavy atom. The predicted octanol–water partition coefficient (Wildman–Crippen LogP) is -0.648. The lowest BCUT2D eigenvalue weighted by molar-refractivity contribution is -0.385. The highest BCUT2D eigenvalue weighted by Gasteiger charge is 2.28. The average molecular weight is 303 g/mol. The fourth-order valence-corrected chi connectivity index (χ4v) is 2.13. The zero-order valence-electron chi connectivity index (χ0n) is 11.7. The summed E-state index contributed by atoms with van der Waals surface area (Å²) in [6.07, 6.45) is 0. The summed E-state index contributed by atoms with van der Waals surface area (Å²) < 4.78 is 1.10. The van der Waals surface area contributed by atoms with E-state index in [-0.39, 0.29) is 30.0 Å². The third-order valence-corrected chi connectivity index (χ3v) is 3.15. The standard InChI is InChI=1S/C12H13N7O3/c1-17-8-3-2-7(6-14)16-9(8)10(18(15)5-4-13)11(12(17)20)19(21)22/h2-3H,4-5,13,15H2,1H3. The molecule has 0 saturated carbocycles. The van der Waals surface area contributed by atoms with Gasteiger partial charge in [0.25, 0.3) is 0 Å². The third-order valence-electron chi connectivity index (χ3n) is 3.15. The fraction of sp³-hybridized carbons (Fsp3) is 0.250. The highest BCUT2D eigenvalue weighted by molar-refractivity contribution is 5.93. The molecule has 10 nitrogen and oxygen atoms in total. The molecule has 22 heavy (non-hydrogen) atoms. The lowest BCUT2D eigenvalue weighted by atomic mass is 10.2. The van der Waals surface area contributed by atoms with Crippen LogP contribution in [0.15, 0.2) is 16.9 Å². The first-order chi connectivity index (χ1) is 10.4. The molecule has 2 aromatic heterocycles. The second-order valence-corrected chi connectivity index (χ2v) is 4.48. The van der Waals surface area contributed by atoms with Crippen molar-refractivity contribution in [2.24, 2.45) is 18.6 Å². The van der Waals surface area contributed by atoms with Crippen molar-refractivity contribution in [1.29, 1.82) is 5.26 Å². The van der Waals surface area contributed by atoms with Gasteiger partial charge in [-0.2, -0.15) is 5.26 Å². The van der Waals surface area contributed by atoms with Gasteiger partial charge in [0, 0.05) is 20.1 Å². The van der Waals surface area contributed by atoms with E-state index >= 15 is 0 Å². The van der Waals surface area contributed by atoms with Crippen LogP contribution in [-0.4, -0.2) is 27.6 Å². The van der Waals surface area contributed by atoms with Crippen molar-refractivity contribution >= 4 is 22.4 Å². The zero-order valence-corrected chi connectivity index (χ0v) is 11.7. The molecular formula is C12H13N7O3. The number of pyridine rings is 2. The number of hydrogen-bond acceptors (Lipinski definition) is 8. The Labute approximate surface area is 124 Å².